The van der Waals surface area contributed by atoms with Gasteiger partial charge < -0.3 is 24.1 Å². The first kappa shape index (κ1) is 28.9. The zero-order valence-corrected chi connectivity index (χ0v) is 24.0. The molecule has 1 N–H and O–H groups in total. The number of fused-ring (bicyclic) bond motifs is 1. The standard InChI is InChI=1S/C26H30BrN7O6/c1-4-19(17(13-38-16(2)35)11-18-12-28-14-33(18)3)24(36)39-15-40-26(37)34-10-9-31-25(34)32-20-5-6-21-23(22(20)27)30-8-7-29-21/h5-8,12,14,17,19H,4,9-11,13,15H2,1-3H3,(H,31,32)/t17-,19-/m0/s1. The number of rotatable bonds is 10. The van der Waals surface area contributed by atoms with Crippen molar-refractivity contribution in [2.75, 3.05) is 31.8 Å². The van der Waals surface area contributed by atoms with Gasteiger partial charge in [0.2, 0.25) is 12.8 Å². The number of aryl methyl sites for hydroxylation is 1. The fourth-order valence-electron chi connectivity index (χ4n) is 4.36. The average Bonchev–Trinajstić information content (AvgIpc) is 3.57. The summed E-state index contributed by atoms with van der Waals surface area (Å²) in [5.74, 6) is -1.63. The van der Waals surface area contributed by atoms with Crippen molar-refractivity contribution in [3.8, 4) is 0 Å². The fourth-order valence-corrected chi connectivity index (χ4v) is 4.90. The number of halogens is 1. The number of carbonyl (C=O) groups is 3. The molecule has 1 aliphatic rings. The van der Waals surface area contributed by atoms with Crippen molar-refractivity contribution in [2.24, 2.45) is 23.9 Å². The Bertz CT molecular complexity index is 1410. The Morgan fingerprint density at radius 3 is 2.67 bits per heavy atom. The number of guanidine groups is 1. The van der Waals surface area contributed by atoms with Gasteiger partial charge in [0.1, 0.15) is 5.52 Å². The molecule has 1 amide bonds. The highest BCUT2D eigenvalue weighted by Crippen LogP contribution is 2.29. The van der Waals surface area contributed by atoms with Crippen LogP contribution in [-0.2, 0) is 37.3 Å². The number of aliphatic imine (C=N–C) groups is 1. The highest BCUT2D eigenvalue weighted by molar-refractivity contribution is 9.10. The van der Waals surface area contributed by atoms with Crippen LogP contribution in [0.2, 0.25) is 0 Å². The molecule has 40 heavy (non-hydrogen) atoms. The summed E-state index contributed by atoms with van der Waals surface area (Å²) >= 11 is 3.53. The summed E-state index contributed by atoms with van der Waals surface area (Å²) in [5, 5.41) is 3.13. The number of nitrogens with one attached hydrogen (secondary N) is 1. The molecule has 14 heteroatoms. The second-order valence-corrected chi connectivity index (χ2v) is 9.90. The van der Waals surface area contributed by atoms with E-state index in [1.54, 1.807) is 37.1 Å². The molecule has 2 aromatic heterocycles. The fraction of sp³-hybridized carbons (Fsp3) is 0.423. The predicted molar refractivity (Wildman–Crippen MR) is 148 cm³/mol. The number of anilines is 1. The molecule has 4 rings (SSSR count). The summed E-state index contributed by atoms with van der Waals surface area (Å²) in [6, 6.07) is 3.61. The lowest BCUT2D eigenvalue weighted by atomic mass is 9.87. The predicted octanol–water partition coefficient (Wildman–Crippen LogP) is 3.29. The number of hydrogen-bond donors (Lipinski definition) is 1. The third-order valence-electron chi connectivity index (χ3n) is 6.47. The molecule has 0 saturated carbocycles. The van der Waals surface area contributed by atoms with E-state index < -0.39 is 30.7 Å². The number of carbonyl (C=O) groups excluding carboxylic acids is 3. The maximum absolute atomic E-state index is 13.0. The molecule has 3 aromatic rings. The number of esters is 2. The van der Waals surface area contributed by atoms with E-state index >= 15 is 0 Å². The van der Waals surface area contributed by atoms with Gasteiger partial charge in [-0.15, -0.1) is 0 Å². The van der Waals surface area contributed by atoms with Crippen LogP contribution in [0.25, 0.3) is 11.0 Å². The Morgan fingerprint density at radius 2 is 1.95 bits per heavy atom. The Balaban J connectivity index is 1.34. The number of ether oxygens (including phenoxy) is 3. The van der Waals surface area contributed by atoms with Gasteiger partial charge in [0.25, 0.3) is 0 Å². The first-order valence-electron chi connectivity index (χ1n) is 12.7. The van der Waals surface area contributed by atoms with Crippen LogP contribution >= 0.6 is 15.9 Å². The topological polar surface area (TPSA) is 150 Å². The van der Waals surface area contributed by atoms with Crippen LogP contribution in [-0.4, -0.2) is 74.9 Å². The number of hydrogen-bond acceptors (Lipinski definition) is 11. The maximum atomic E-state index is 13.0. The van der Waals surface area contributed by atoms with Crippen molar-refractivity contribution in [2.45, 2.75) is 26.7 Å². The summed E-state index contributed by atoms with van der Waals surface area (Å²) in [6.07, 6.45) is 6.74. The van der Waals surface area contributed by atoms with Crippen LogP contribution in [0.1, 0.15) is 26.0 Å². The highest BCUT2D eigenvalue weighted by Gasteiger charge is 2.31. The lowest BCUT2D eigenvalue weighted by Gasteiger charge is -2.25. The van der Waals surface area contributed by atoms with Crippen LogP contribution in [0.3, 0.4) is 0 Å². The van der Waals surface area contributed by atoms with Crippen molar-refractivity contribution < 1.29 is 28.6 Å². The molecule has 0 fully saturated rings. The SMILES string of the molecule is CC[C@H](C(=O)OCOC(=O)N1CCN=C1Nc1ccc2nccnc2c1Br)[C@H](COC(C)=O)Cc1cncn1C. The van der Waals surface area contributed by atoms with Gasteiger partial charge in [-0.3, -0.25) is 24.5 Å². The Hall–Kier alpha value is -4.07. The third kappa shape index (κ3) is 6.92. The van der Waals surface area contributed by atoms with E-state index in [4.69, 9.17) is 14.2 Å². The van der Waals surface area contributed by atoms with Gasteiger partial charge in [-0.2, -0.15) is 0 Å². The molecule has 1 aliphatic heterocycles. The summed E-state index contributed by atoms with van der Waals surface area (Å²) in [6.45, 7) is 3.32. The van der Waals surface area contributed by atoms with E-state index in [0.717, 1.165) is 5.69 Å². The first-order chi connectivity index (χ1) is 19.3. The number of amides is 1. The van der Waals surface area contributed by atoms with Gasteiger partial charge >= 0.3 is 18.0 Å². The van der Waals surface area contributed by atoms with Crippen LogP contribution in [0, 0.1) is 11.8 Å². The van der Waals surface area contributed by atoms with Crippen molar-refractivity contribution in [1.29, 1.82) is 0 Å². The number of nitrogens with zero attached hydrogens (tertiary/aromatic N) is 6. The van der Waals surface area contributed by atoms with Crippen molar-refractivity contribution >= 4 is 56.6 Å². The molecule has 0 bridgehead atoms. The molecular formula is C26H30BrN7O6. The van der Waals surface area contributed by atoms with Gasteiger partial charge in [0, 0.05) is 44.2 Å². The summed E-state index contributed by atoms with van der Waals surface area (Å²) in [7, 11) is 1.85. The van der Waals surface area contributed by atoms with Gasteiger partial charge in [0.15, 0.2) is 0 Å². The second-order valence-electron chi connectivity index (χ2n) is 9.10. The summed E-state index contributed by atoms with van der Waals surface area (Å²) < 4.78 is 18.3. The van der Waals surface area contributed by atoms with Crippen LogP contribution < -0.4 is 5.32 Å². The monoisotopic (exact) mass is 615 g/mol. The van der Waals surface area contributed by atoms with E-state index in [2.05, 4.69) is 41.2 Å². The summed E-state index contributed by atoms with van der Waals surface area (Å²) in [4.78, 5) is 55.6. The van der Waals surface area contributed by atoms with Crippen molar-refractivity contribution in [1.82, 2.24) is 24.4 Å². The Labute approximate surface area is 239 Å². The van der Waals surface area contributed by atoms with Crippen molar-refractivity contribution in [3.63, 3.8) is 0 Å². The van der Waals surface area contributed by atoms with Crippen molar-refractivity contribution in [3.05, 3.63) is 47.2 Å². The number of benzene rings is 1. The molecule has 3 heterocycles. The second kappa shape index (κ2) is 13.3. The maximum Gasteiger partial charge on any atom is 0.419 e. The zero-order valence-electron chi connectivity index (χ0n) is 22.4. The van der Waals surface area contributed by atoms with Crippen LogP contribution in [0.5, 0.6) is 0 Å². The molecule has 0 unspecified atom stereocenters. The normalized spacial score (nSPS) is 14.4. The van der Waals surface area contributed by atoms with Crippen LogP contribution in [0.15, 0.2) is 46.5 Å². The molecule has 0 saturated heterocycles. The minimum Gasteiger partial charge on any atom is -0.466 e. The average molecular weight is 616 g/mol. The Kier molecular flexibility index (Phi) is 9.64. The van der Waals surface area contributed by atoms with Gasteiger partial charge in [-0.05, 0) is 40.9 Å². The molecule has 212 valence electrons. The third-order valence-corrected chi connectivity index (χ3v) is 7.27. The molecule has 1 aromatic carbocycles. The van der Waals surface area contributed by atoms with E-state index in [1.807, 2.05) is 18.5 Å². The molecular weight excluding hydrogens is 586 g/mol. The molecule has 0 aliphatic carbocycles. The largest absolute Gasteiger partial charge is 0.466 e. The minimum absolute atomic E-state index is 0.0447. The molecule has 0 radical (unpaired) electrons. The zero-order chi connectivity index (χ0) is 28.6. The smallest absolute Gasteiger partial charge is 0.419 e. The van der Waals surface area contributed by atoms with Gasteiger partial charge in [-0.25, -0.2) is 14.7 Å². The number of aromatic nitrogens is 4. The quantitative estimate of drug-likeness (QED) is 0.266. The highest BCUT2D eigenvalue weighted by atomic mass is 79.9. The molecule has 0 spiro atoms. The molecule has 2 atom stereocenters. The van der Waals surface area contributed by atoms with E-state index in [-0.39, 0.29) is 12.5 Å². The van der Waals surface area contributed by atoms with Gasteiger partial charge in [-0.1, -0.05) is 6.92 Å². The number of imidazole rings is 1. The summed E-state index contributed by atoms with van der Waals surface area (Å²) in [5.41, 5.74) is 2.91. The lowest BCUT2D eigenvalue weighted by Crippen LogP contribution is -2.39. The van der Waals surface area contributed by atoms with E-state index in [9.17, 15) is 14.4 Å². The lowest BCUT2D eigenvalue weighted by molar-refractivity contribution is -0.162. The molecule has 13 nitrogen and oxygen atoms in total. The minimum atomic E-state index is -0.715. The van der Waals surface area contributed by atoms with E-state index in [1.165, 1.54) is 11.8 Å². The van der Waals surface area contributed by atoms with Crippen LogP contribution in [0.4, 0.5) is 10.5 Å². The van der Waals surface area contributed by atoms with E-state index in [0.29, 0.717) is 53.1 Å². The van der Waals surface area contributed by atoms with Gasteiger partial charge in [0.05, 0.1) is 47.6 Å². The Morgan fingerprint density at radius 1 is 1.15 bits per heavy atom. The first-order valence-corrected chi connectivity index (χ1v) is 13.5.